The topological polar surface area (TPSA) is 111 Å². The maximum Gasteiger partial charge on any atom is 0.266 e. The Morgan fingerprint density at radius 2 is 1.85 bits per heavy atom. The molecule has 0 amide bonds. The molecule has 2 heterocycles. The molecule has 0 spiro atoms. The van der Waals surface area contributed by atoms with Gasteiger partial charge < -0.3 is 5.73 Å². The van der Waals surface area contributed by atoms with Gasteiger partial charge in [0.2, 0.25) is 5.95 Å². The Balaban J connectivity index is 2.25. The van der Waals surface area contributed by atoms with Gasteiger partial charge in [0, 0.05) is 10.8 Å². The van der Waals surface area contributed by atoms with Crippen LogP contribution in [-0.2, 0) is 15.4 Å². The zero-order valence-electron chi connectivity index (χ0n) is 11.3. The first-order valence-electron chi connectivity index (χ1n) is 5.75. The molecule has 20 heavy (non-hydrogen) atoms. The van der Waals surface area contributed by atoms with Crippen LogP contribution in [0.5, 0.6) is 0 Å². The maximum atomic E-state index is 12.1. The van der Waals surface area contributed by atoms with E-state index in [0.717, 1.165) is 18.1 Å². The summed E-state index contributed by atoms with van der Waals surface area (Å²) in [6.07, 6.45) is 2.31. The van der Waals surface area contributed by atoms with Crippen LogP contribution in [0.3, 0.4) is 0 Å². The van der Waals surface area contributed by atoms with Crippen LogP contribution in [0.15, 0.2) is 22.7 Å². The molecule has 7 nitrogen and oxygen atoms in total. The zero-order valence-corrected chi connectivity index (χ0v) is 12.9. The third kappa shape index (κ3) is 3.23. The van der Waals surface area contributed by atoms with Crippen molar-refractivity contribution in [1.29, 1.82) is 0 Å². The zero-order chi connectivity index (χ0) is 15.0. The average Bonchev–Trinajstić information content (AvgIpc) is 2.77. The van der Waals surface area contributed by atoms with Crippen LogP contribution in [0.1, 0.15) is 26.5 Å². The molecule has 0 aromatic carbocycles. The van der Waals surface area contributed by atoms with E-state index in [9.17, 15) is 8.42 Å². The normalized spacial score (nSPS) is 12.3. The van der Waals surface area contributed by atoms with E-state index in [1.165, 1.54) is 11.3 Å². The smallest absolute Gasteiger partial charge is 0.266 e. The Kier molecular flexibility index (Phi) is 3.65. The summed E-state index contributed by atoms with van der Waals surface area (Å²) in [5.41, 5.74) is 6.02. The SMILES string of the molecule is CC(C)(C)c1csc(NS(=O)(=O)c2cnc(N)nc2)n1. The number of hydrogen-bond acceptors (Lipinski definition) is 7. The second-order valence-corrected chi connectivity index (χ2v) is 7.71. The number of nitrogens with zero attached hydrogens (tertiary/aromatic N) is 3. The van der Waals surface area contributed by atoms with Crippen LogP contribution in [0, 0.1) is 0 Å². The summed E-state index contributed by atoms with van der Waals surface area (Å²) < 4.78 is 26.6. The van der Waals surface area contributed by atoms with E-state index in [0.29, 0.717) is 5.13 Å². The summed E-state index contributed by atoms with van der Waals surface area (Å²) in [5, 5.41) is 2.14. The van der Waals surface area contributed by atoms with Crippen LogP contribution in [0.2, 0.25) is 0 Å². The van der Waals surface area contributed by atoms with Crippen molar-refractivity contribution in [2.24, 2.45) is 0 Å². The van der Waals surface area contributed by atoms with E-state index < -0.39 is 10.0 Å². The molecule has 0 aliphatic heterocycles. The summed E-state index contributed by atoms with van der Waals surface area (Å²) in [4.78, 5) is 11.5. The molecule has 3 N–H and O–H groups in total. The molecular formula is C11H15N5O2S2. The standard InChI is InChI=1S/C11H15N5O2S2/c1-11(2,3)8-6-19-10(15-8)16-20(17,18)7-4-13-9(12)14-5-7/h4-6H,1-3H3,(H,15,16)(H2,12,13,14). The minimum absolute atomic E-state index is 0.0215. The van der Waals surface area contributed by atoms with E-state index in [1.807, 2.05) is 26.2 Å². The lowest BCUT2D eigenvalue weighted by Gasteiger charge is -2.14. The molecular weight excluding hydrogens is 298 g/mol. The minimum Gasteiger partial charge on any atom is -0.368 e. The molecule has 0 aliphatic rings. The van der Waals surface area contributed by atoms with Crippen molar-refractivity contribution in [3.05, 3.63) is 23.5 Å². The molecule has 0 bridgehead atoms. The van der Waals surface area contributed by atoms with Crippen molar-refractivity contribution < 1.29 is 8.42 Å². The first-order valence-corrected chi connectivity index (χ1v) is 8.11. The Hall–Kier alpha value is -1.74. The molecule has 0 aliphatic carbocycles. The van der Waals surface area contributed by atoms with Gasteiger partial charge in [0.05, 0.1) is 18.1 Å². The second kappa shape index (κ2) is 4.98. The van der Waals surface area contributed by atoms with Crippen LogP contribution >= 0.6 is 11.3 Å². The number of aromatic nitrogens is 3. The molecule has 2 aromatic heterocycles. The molecule has 0 saturated carbocycles. The number of thiazole rings is 1. The summed E-state index contributed by atoms with van der Waals surface area (Å²) in [6, 6.07) is 0. The largest absolute Gasteiger partial charge is 0.368 e. The molecule has 2 aromatic rings. The number of nitrogen functional groups attached to an aromatic ring is 1. The lowest BCUT2D eigenvalue weighted by Crippen LogP contribution is -2.15. The van der Waals surface area contributed by atoms with Crippen molar-refractivity contribution in [3.63, 3.8) is 0 Å². The Morgan fingerprint density at radius 1 is 1.25 bits per heavy atom. The average molecular weight is 313 g/mol. The van der Waals surface area contributed by atoms with E-state index in [2.05, 4.69) is 19.7 Å². The third-order valence-corrected chi connectivity index (χ3v) is 4.63. The van der Waals surface area contributed by atoms with E-state index in [-0.39, 0.29) is 16.3 Å². The number of anilines is 2. The van der Waals surface area contributed by atoms with Gasteiger partial charge in [0.25, 0.3) is 10.0 Å². The van der Waals surface area contributed by atoms with Gasteiger partial charge in [0.15, 0.2) is 5.13 Å². The van der Waals surface area contributed by atoms with Crippen molar-refractivity contribution in [3.8, 4) is 0 Å². The van der Waals surface area contributed by atoms with E-state index >= 15 is 0 Å². The van der Waals surface area contributed by atoms with Gasteiger partial charge in [0.1, 0.15) is 4.90 Å². The highest BCUT2D eigenvalue weighted by molar-refractivity contribution is 7.93. The predicted molar refractivity (Wildman–Crippen MR) is 78.1 cm³/mol. The number of rotatable bonds is 3. The van der Waals surface area contributed by atoms with Gasteiger partial charge >= 0.3 is 0 Å². The molecule has 0 unspecified atom stereocenters. The fraction of sp³-hybridized carbons (Fsp3) is 0.364. The molecule has 0 atom stereocenters. The molecule has 0 saturated heterocycles. The van der Waals surface area contributed by atoms with Crippen LogP contribution in [-0.4, -0.2) is 23.4 Å². The summed E-state index contributed by atoms with van der Waals surface area (Å²) in [7, 11) is -3.74. The van der Waals surface area contributed by atoms with Crippen LogP contribution in [0.4, 0.5) is 11.1 Å². The lowest BCUT2D eigenvalue weighted by atomic mass is 9.93. The van der Waals surface area contributed by atoms with Crippen molar-refractivity contribution in [1.82, 2.24) is 15.0 Å². The predicted octanol–water partition coefficient (Wildman–Crippen LogP) is 1.61. The highest BCUT2D eigenvalue weighted by Crippen LogP contribution is 2.27. The number of sulfonamides is 1. The van der Waals surface area contributed by atoms with Crippen LogP contribution in [0.25, 0.3) is 0 Å². The first kappa shape index (κ1) is 14.7. The number of nitrogens with one attached hydrogen (secondary N) is 1. The maximum absolute atomic E-state index is 12.1. The van der Waals surface area contributed by atoms with Gasteiger partial charge in [-0.15, -0.1) is 11.3 Å². The van der Waals surface area contributed by atoms with Crippen LogP contribution < -0.4 is 10.5 Å². The molecule has 0 radical (unpaired) electrons. The fourth-order valence-electron chi connectivity index (χ4n) is 1.30. The van der Waals surface area contributed by atoms with Crippen molar-refractivity contribution in [2.45, 2.75) is 31.1 Å². The fourth-order valence-corrected chi connectivity index (χ4v) is 3.38. The highest BCUT2D eigenvalue weighted by atomic mass is 32.2. The Labute approximate surface area is 121 Å². The summed E-state index contributed by atoms with van der Waals surface area (Å²) in [5.74, 6) is 0.0215. The van der Waals surface area contributed by atoms with Crippen molar-refractivity contribution >= 4 is 32.4 Å². The minimum atomic E-state index is -3.74. The highest BCUT2D eigenvalue weighted by Gasteiger charge is 2.21. The van der Waals surface area contributed by atoms with Gasteiger partial charge in [-0.3, -0.25) is 4.72 Å². The molecule has 2 rings (SSSR count). The Bertz CT molecular complexity index is 701. The van der Waals surface area contributed by atoms with Gasteiger partial charge in [-0.25, -0.2) is 23.4 Å². The number of hydrogen-bond donors (Lipinski definition) is 2. The van der Waals surface area contributed by atoms with Gasteiger partial charge in [-0.05, 0) is 0 Å². The van der Waals surface area contributed by atoms with E-state index in [1.54, 1.807) is 0 Å². The second-order valence-electron chi connectivity index (χ2n) is 5.17. The quantitative estimate of drug-likeness (QED) is 0.890. The Morgan fingerprint density at radius 3 is 2.35 bits per heavy atom. The van der Waals surface area contributed by atoms with Gasteiger partial charge in [-0.2, -0.15) is 0 Å². The van der Waals surface area contributed by atoms with E-state index in [4.69, 9.17) is 5.73 Å². The molecule has 108 valence electrons. The van der Waals surface area contributed by atoms with Gasteiger partial charge in [-0.1, -0.05) is 20.8 Å². The van der Waals surface area contributed by atoms with Crippen molar-refractivity contribution in [2.75, 3.05) is 10.5 Å². The summed E-state index contributed by atoms with van der Waals surface area (Å²) >= 11 is 1.23. The first-order chi connectivity index (χ1) is 9.18. The molecule has 9 heteroatoms. The monoisotopic (exact) mass is 313 g/mol. The lowest BCUT2D eigenvalue weighted by molar-refractivity contribution is 0.573. The number of nitrogens with two attached hydrogens (primary N) is 1. The summed E-state index contributed by atoms with van der Waals surface area (Å²) in [6.45, 7) is 6.02. The third-order valence-electron chi connectivity index (χ3n) is 2.45. The molecule has 0 fully saturated rings.